The lowest BCUT2D eigenvalue weighted by Crippen LogP contribution is -2.07. The fourth-order valence-corrected chi connectivity index (χ4v) is 3.61. The molecule has 0 fully saturated rings. The number of carbonyl (C=O) groups excluding carboxylic acids is 1. The Balaban J connectivity index is 1.35. The number of halogens is 1. The Morgan fingerprint density at radius 1 is 1.14 bits per heavy atom. The van der Waals surface area contributed by atoms with Crippen LogP contribution in [0.25, 0.3) is 16.2 Å². The van der Waals surface area contributed by atoms with E-state index in [1.165, 1.54) is 36.0 Å². The third kappa shape index (κ3) is 4.17. The second-order valence-corrected chi connectivity index (χ2v) is 7.28. The molecular formula is C20H18FN5OS. The molecule has 8 heteroatoms. The molecule has 0 aliphatic carbocycles. The minimum atomic E-state index is -0.265. The van der Waals surface area contributed by atoms with E-state index in [1.54, 1.807) is 16.6 Å². The van der Waals surface area contributed by atoms with Crippen LogP contribution < -0.4 is 10.6 Å². The number of rotatable bonds is 6. The van der Waals surface area contributed by atoms with Crippen LogP contribution >= 0.6 is 11.3 Å². The molecule has 2 aromatic heterocycles. The Morgan fingerprint density at radius 3 is 2.57 bits per heavy atom. The van der Waals surface area contributed by atoms with Crippen LogP contribution in [0.3, 0.4) is 0 Å². The molecule has 28 heavy (non-hydrogen) atoms. The summed E-state index contributed by atoms with van der Waals surface area (Å²) in [6, 6.07) is 14.0. The number of hydrogen-bond acceptors (Lipinski definition) is 5. The first-order valence-electron chi connectivity index (χ1n) is 8.79. The zero-order valence-corrected chi connectivity index (χ0v) is 16.0. The molecule has 4 rings (SSSR count). The number of anilines is 2. The molecule has 0 bridgehead atoms. The normalized spacial score (nSPS) is 10.9. The first kappa shape index (κ1) is 18.1. The maximum Gasteiger partial charge on any atom is 0.221 e. The highest BCUT2D eigenvalue weighted by Gasteiger charge is 2.09. The Morgan fingerprint density at radius 2 is 1.89 bits per heavy atom. The van der Waals surface area contributed by atoms with E-state index in [9.17, 15) is 9.18 Å². The second kappa shape index (κ2) is 7.77. The average molecular weight is 395 g/mol. The number of benzene rings is 2. The van der Waals surface area contributed by atoms with E-state index in [1.807, 2.05) is 30.5 Å². The van der Waals surface area contributed by atoms with Crippen molar-refractivity contribution in [1.82, 2.24) is 14.6 Å². The van der Waals surface area contributed by atoms with Gasteiger partial charge >= 0.3 is 0 Å². The molecule has 0 radical (unpaired) electrons. The zero-order valence-electron chi connectivity index (χ0n) is 15.1. The number of aromatic nitrogens is 3. The van der Waals surface area contributed by atoms with Gasteiger partial charge in [-0.2, -0.15) is 0 Å². The molecule has 0 saturated carbocycles. The molecular weight excluding hydrogens is 377 g/mol. The number of carbonyl (C=O) groups is 1. The van der Waals surface area contributed by atoms with Crippen molar-refractivity contribution in [1.29, 1.82) is 0 Å². The highest BCUT2D eigenvalue weighted by Crippen LogP contribution is 2.24. The summed E-state index contributed by atoms with van der Waals surface area (Å²) in [5.74, 6) is -0.343. The molecule has 0 aliphatic rings. The number of nitrogens with one attached hydrogen (secondary N) is 2. The van der Waals surface area contributed by atoms with Crippen molar-refractivity contribution in [2.24, 2.45) is 0 Å². The minimum Gasteiger partial charge on any atom is -0.360 e. The molecule has 0 atom stereocenters. The maximum absolute atomic E-state index is 13.0. The molecule has 142 valence electrons. The molecule has 2 N–H and O–H groups in total. The Hall–Kier alpha value is -3.26. The fourth-order valence-electron chi connectivity index (χ4n) is 2.80. The van der Waals surface area contributed by atoms with Gasteiger partial charge in [-0.25, -0.2) is 13.9 Å². The van der Waals surface area contributed by atoms with Crippen molar-refractivity contribution in [3.63, 3.8) is 0 Å². The molecule has 0 aliphatic heterocycles. The summed E-state index contributed by atoms with van der Waals surface area (Å²) in [6.45, 7) is 2.23. The molecule has 0 unspecified atom stereocenters. The van der Waals surface area contributed by atoms with Crippen molar-refractivity contribution in [2.45, 2.75) is 13.3 Å². The Kier molecular flexibility index (Phi) is 5.03. The summed E-state index contributed by atoms with van der Waals surface area (Å²) in [4.78, 5) is 16.4. The Labute approximate surface area is 165 Å². The van der Waals surface area contributed by atoms with Crippen molar-refractivity contribution in [3.8, 4) is 11.3 Å². The van der Waals surface area contributed by atoms with Gasteiger partial charge < -0.3 is 10.6 Å². The van der Waals surface area contributed by atoms with Gasteiger partial charge in [-0.3, -0.25) is 4.79 Å². The number of fused-ring (bicyclic) bond motifs is 1. The van der Waals surface area contributed by atoms with Crippen molar-refractivity contribution < 1.29 is 9.18 Å². The lowest BCUT2D eigenvalue weighted by atomic mass is 10.1. The predicted molar refractivity (Wildman–Crippen MR) is 109 cm³/mol. The molecule has 1 amide bonds. The average Bonchev–Trinajstić information content (AvgIpc) is 3.22. The highest BCUT2D eigenvalue weighted by atomic mass is 32.1. The third-order valence-corrected chi connectivity index (χ3v) is 5.03. The largest absolute Gasteiger partial charge is 0.360 e. The van der Waals surface area contributed by atoms with E-state index in [0.29, 0.717) is 0 Å². The molecule has 2 aromatic carbocycles. The summed E-state index contributed by atoms with van der Waals surface area (Å²) in [6.07, 6.45) is 2.67. The second-order valence-electron chi connectivity index (χ2n) is 6.32. The highest BCUT2D eigenvalue weighted by molar-refractivity contribution is 7.20. The van der Waals surface area contributed by atoms with Crippen LogP contribution in [0.2, 0.25) is 0 Å². The van der Waals surface area contributed by atoms with E-state index in [4.69, 9.17) is 0 Å². The SMILES string of the molecule is CC(=O)Nc1ccc(CCNc2nn3cc(-c4ccc(F)cc4)nc3s2)cc1. The van der Waals surface area contributed by atoms with Gasteiger partial charge in [0.2, 0.25) is 16.0 Å². The summed E-state index contributed by atoms with van der Waals surface area (Å²) in [7, 11) is 0. The van der Waals surface area contributed by atoms with Crippen molar-refractivity contribution >= 4 is 33.0 Å². The van der Waals surface area contributed by atoms with Gasteiger partial charge in [0.25, 0.3) is 0 Å². The van der Waals surface area contributed by atoms with Crippen LogP contribution in [0.5, 0.6) is 0 Å². The van der Waals surface area contributed by atoms with E-state index < -0.39 is 0 Å². The minimum absolute atomic E-state index is 0.0780. The number of nitrogens with zero attached hydrogens (tertiary/aromatic N) is 3. The summed E-state index contributed by atoms with van der Waals surface area (Å²) >= 11 is 1.47. The lowest BCUT2D eigenvalue weighted by molar-refractivity contribution is -0.114. The Bertz CT molecular complexity index is 1070. The third-order valence-electron chi connectivity index (χ3n) is 4.15. The van der Waals surface area contributed by atoms with Crippen LogP contribution in [0.4, 0.5) is 15.2 Å². The van der Waals surface area contributed by atoms with Gasteiger partial charge in [0.15, 0.2) is 0 Å². The summed E-state index contributed by atoms with van der Waals surface area (Å²) in [5, 5.41) is 11.4. The number of hydrogen-bond donors (Lipinski definition) is 2. The van der Waals surface area contributed by atoms with Gasteiger partial charge in [-0.05, 0) is 48.4 Å². The van der Waals surface area contributed by atoms with Crippen LogP contribution in [0.1, 0.15) is 12.5 Å². The maximum atomic E-state index is 13.0. The van der Waals surface area contributed by atoms with Crippen LogP contribution in [0.15, 0.2) is 54.7 Å². The van der Waals surface area contributed by atoms with E-state index >= 15 is 0 Å². The zero-order chi connectivity index (χ0) is 19.5. The topological polar surface area (TPSA) is 71.3 Å². The first-order chi connectivity index (χ1) is 13.6. The van der Waals surface area contributed by atoms with Crippen LogP contribution in [-0.4, -0.2) is 27.0 Å². The van der Waals surface area contributed by atoms with Gasteiger partial charge in [-0.15, -0.1) is 5.10 Å². The lowest BCUT2D eigenvalue weighted by Gasteiger charge is -2.05. The van der Waals surface area contributed by atoms with Crippen LogP contribution in [-0.2, 0) is 11.2 Å². The van der Waals surface area contributed by atoms with Crippen molar-refractivity contribution in [2.75, 3.05) is 17.2 Å². The molecule has 0 spiro atoms. The summed E-state index contributed by atoms with van der Waals surface area (Å²) < 4.78 is 14.8. The number of amides is 1. The van der Waals surface area contributed by atoms with E-state index in [2.05, 4.69) is 20.7 Å². The summed E-state index contributed by atoms with van der Waals surface area (Å²) in [5.41, 5.74) is 3.59. The predicted octanol–water partition coefficient (Wildman–Crippen LogP) is 4.21. The van der Waals surface area contributed by atoms with E-state index in [0.717, 1.165) is 40.0 Å². The number of imidazole rings is 1. The van der Waals surface area contributed by atoms with Gasteiger partial charge in [0, 0.05) is 24.7 Å². The monoisotopic (exact) mass is 395 g/mol. The molecule has 0 saturated heterocycles. The fraction of sp³-hybridized carbons (Fsp3) is 0.150. The molecule has 4 aromatic rings. The van der Waals surface area contributed by atoms with Gasteiger partial charge in [0.05, 0.1) is 11.9 Å². The molecule has 2 heterocycles. The van der Waals surface area contributed by atoms with Gasteiger partial charge in [-0.1, -0.05) is 23.5 Å². The quantitative estimate of drug-likeness (QED) is 0.513. The van der Waals surface area contributed by atoms with Crippen LogP contribution in [0, 0.1) is 5.82 Å². The standard InChI is InChI=1S/C20H18FN5OS/c1-13(27)23-17-8-2-14(3-9-17)10-11-22-19-25-26-12-18(24-20(26)28-19)15-4-6-16(21)7-5-15/h2-9,12H,10-11H2,1H3,(H,22,25)(H,23,27). The molecule has 6 nitrogen and oxygen atoms in total. The van der Waals surface area contributed by atoms with E-state index in [-0.39, 0.29) is 11.7 Å². The van der Waals surface area contributed by atoms with Crippen molar-refractivity contribution in [3.05, 3.63) is 66.1 Å². The first-order valence-corrected chi connectivity index (χ1v) is 9.61. The van der Waals surface area contributed by atoms with Gasteiger partial charge in [0.1, 0.15) is 5.82 Å². The smallest absolute Gasteiger partial charge is 0.221 e.